The van der Waals surface area contributed by atoms with Crippen LogP contribution in [0.1, 0.15) is 150 Å². The third-order valence-electron chi connectivity index (χ3n) is 6.14. The van der Waals surface area contributed by atoms with Crippen LogP contribution in [0.5, 0.6) is 0 Å². The van der Waals surface area contributed by atoms with E-state index in [1.54, 1.807) is 0 Å². The van der Waals surface area contributed by atoms with Crippen molar-refractivity contribution < 1.29 is 9.53 Å². The van der Waals surface area contributed by atoms with E-state index in [1.807, 2.05) is 6.92 Å². The molecule has 28 heavy (non-hydrogen) atoms. The molecule has 168 valence electrons. The molecule has 0 aliphatic carbocycles. The van der Waals surface area contributed by atoms with Crippen molar-refractivity contribution in [2.24, 2.45) is 5.41 Å². The van der Waals surface area contributed by atoms with E-state index in [4.69, 9.17) is 4.74 Å². The summed E-state index contributed by atoms with van der Waals surface area (Å²) in [7, 11) is 0. The fraction of sp³-hybridized carbons (Fsp3) is 0.962. The van der Waals surface area contributed by atoms with Gasteiger partial charge in [-0.2, -0.15) is 0 Å². The van der Waals surface area contributed by atoms with Gasteiger partial charge in [0.25, 0.3) is 0 Å². The maximum Gasteiger partial charge on any atom is 0.306 e. The van der Waals surface area contributed by atoms with Crippen LogP contribution in [0, 0.1) is 5.41 Å². The van der Waals surface area contributed by atoms with Crippen LogP contribution in [0.15, 0.2) is 0 Å². The van der Waals surface area contributed by atoms with Gasteiger partial charge in [0, 0.05) is 0 Å². The Bertz CT molecular complexity index is 317. The van der Waals surface area contributed by atoms with Crippen LogP contribution in [0.2, 0.25) is 0 Å². The summed E-state index contributed by atoms with van der Waals surface area (Å²) in [5, 5.41) is 0. The van der Waals surface area contributed by atoms with E-state index in [9.17, 15) is 4.79 Å². The SMILES string of the molecule is CCCCCCCCCCC(C)(CCCCCCCCCC)CC(=O)OCC. The molecule has 2 heteroatoms. The molecule has 0 rings (SSSR count). The van der Waals surface area contributed by atoms with E-state index >= 15 is 0 Å². The second kappa shape index (κ2) is 19.8. The van der Waals surface area contributed by atoms with Gasteiger partial charge in [-0.1, -0.05) is 124 Å². The summed E-state index contributed by atoms with van der Waals surface area (Å²) in [6.45, 7) is 9.29. The number of carbonyl (C=O) groups excluding carboxylic acids is 1. The van der Waals surface area contributed by atoms with E-state index in [1.165, 1.54) is 116 Å². The molecule has 0 heterocycles. The Labute approximate surface area is 177 Å². The number of esters is 1. The average Bonchev–Trinajstić information content (AvgIpc) is 2.66. The van der Waals surface area contributed by atoms with Gasteiger partial charge in [-0.15, -0.1) is 0 Å². The summed E-state index contributed by atoms with van der Waals surface area (Å²) in [6.07, 6.45) is 24.6. The lowest BCUT2D eigenvalue weighted by Gasteiger charge is -2.29. The third-order valence-corrected chi connectivity index (χ3v) is 6.14. The standard InChI is InChI=1S/C26H52O2/c1-5-8-10-12-14-16-18-20-22-26(4,24-25(27)28-7-3)23-21-19-17-15-13-11-9-6-2/h5-24H2,1-4H3. The molecule has 0 bridgehead atoms. The minimum Gasteiger partial charge on any atom is -0.466 e. The zero-order valence-corrected chi connectivity index (χ0v) is 20.0. The van der Waals surface area contributed by atoms with Crippen molar-refractivity contribution in [2.45, 2.75) is 150 Å². The monoisotopic (exact) mass is 396 g/mol. The van der Waals surface area contributed by atoms with E-state index in [-0.39, 0.29) is 11.4 Å². The van der Waals surface area contributed by atoms with E-state index < -0.39 is 0 Å². The zero-order chi connectivity index (χ0) is 20.9. The molecule has 0 saturated heterocycles. The summed E-state index contributed by atoms with van der Waals surface area (Å²) < 4.78 is 5.26. The van der Waals surface area contributed by atoms with Gasteiger partial charge in [-0.25, -0.2) is 0 Å². The minimum absolute atomic E-state index is 0.00383. The molecule has 0 N–H and O–H groups in total. The largest absolute Gasteiger partial charge is 0.466 e. The fourth-order valence-electron chi connectivity index (χ4n) is 4.23. The number of ether oxygens (including phenoxy) is 1. The second-order valence-electron chi connectivity index (χ2n) is 9.24. The second-order valence-corrected chi connectivity index (χ2v) is 9.24. The first-order valence-corrected chi connectivity index (χ1v) is 12.7. The van der Waals surface area contributed by atoms with Crippen molar-refractivity contribution in [2.75, 3.05) is 6.61 Å². The van der Waals surface area contributed by atoms with Gasteiger partial charge in [-0.05, 0) is 25.2 Å². The molecule has 2 nitrogen and oxygen atoms in total. The highest BCUT2D eigenvalue weighted by atomic mass is 16.5. The summed E-state index contributed by atoms with van der Waals surface area (Å²) >= 11 is 0. The first-order valence-electron chi connectivity index (χ1n) is 12.7. The molecule has 0 atom stereocenters. The lowest BCUT2D eigenvalue weighted by molar-refractivity contribution is -0.146. The van der Waals surface area contributed by atoms with E-state index in [2.05, 4.69) is 20.8 Å². The van der Waals surface area contributed by atoms with Crippen molar-refractivity contribution in [1.29, 1.82) is 0 Å². The van der Waals surface area contributed by atoms with Crippen LogP contribution in [0.25, 0.3) is 0 Å². The van der Waals surface area contributed by atoms with Gasteiger partial charge < -0.3 is 4.74 Å². The number of carbonyl (C=O) groups is 1. The maximum atomic E-state index is 12.1. The summed E-state index contributed by atoms with van der Waals surface area (Å²) in [5.41, 5.74) is 0.136. The molecule has 0 aromatic rings. The normalized spacial score (nSPS) is 11.7. The Morgan fingerprint density at radius 3 is 1.32 bits per heavy atom. The summed E-state index contributed by atoms with van der Waals surface area (Å²) in [4.78, 5) is 12.1. The Morgan fingerprint density at radius 2 is 0.964 bits per heavy atom. The van der Waals surface area contributed by atoms with E-state index in [0.717, 1.165) is 0 Å². The number of hydrogen-bond donors (Lipinski definition) is 0. The quantitative estimate of drug-likeness (QED) is 0.143. The van der Waals surface area contributed by atoms with Crippen LogP contribution in [0.4, 0.5) is 0 Å². The van der Waals surface area contributed by atoms with Crippen LogP contribution < -0.4 is 0 Å². The van der Waals surface area contributed by atoms with Crippen LogP contribution >= 0.6 is 0 Å². The predicted octanol–water partition coefficient (Wildman–Crippen LogP) is 9.01. The van der Waals surface area contributed by atoms with Gasteiger partial charge in [0.05, 0.1) is 13.0 Å². The molecule has 0 aliphatic rings. The van der Waals surface area contributed by atoms with E-state index in [0.29, 0.717) is 13.0 Å². The molecular weight excluding hydrogens is 344 g/mol. The summed E-state index contributed by atoms with van der Waals surface area (Å²) in [6, 6.07) is 0. The van der Waals surface area contributed by atoms with Crippen molar-refractivity contribution in [3.05, 3.63) is 0 Å². The van der Waals surface area contributed by atoms with Gasteiger partial charge in [0.2, 0.25) is 0 Å². The fourth-order valence-corrected chi connectivity index (χ4v) is 4.23. The topological polar surface area (TPSA) is 26.3 Å². The van der Waals surface area contributed by atoms with Gasteiger partial charge >= 0.3 is 5.97 Å². The Balaban J connectivity index is 4.06. The molecule has 0 radical (unpaired) electrons. The predicted molar refractivity (Wildman–Crippen MR) is 124 cm³/mol. The summed E-state index contributed by atoms with van der Waals surface area (Å²) in [5.74, 6) is 0.00383. The third kappa shape index (κ3) is 17.6. The highest BCUT2D eigenvalue weighted by Gasteiger charge is 2.27. The molecule has 0 fully saturated rings. The Hall–Kier alpha value is -0.530. The number of unbranched alkanes of at least 4 members (excludes halogenated alkanes) is 14. The van der Waals surface area contributed by atoms with Gasteiger partial charge in [-0.3, -0.25) is 4.79 Å². The molecule has 0 amide bonds. The Morgan fingerprint density at radius 1 is 0.607 bits per heavy atom. The average molecular weight is 397 g/mol. The number of rotatable bonds is 21. The number of hydrogen-bond acceptors (Lipinski definition) is 2. The highest BCUT2D eigenvalue weighted by Crippen LogP contribution is 2.35. The molecule has 0 aliphatic heterocycles. The first-order chi connectivity index (χ1) is 13.6. The smallest absolute Gasteiger partial charge is 0.306 e. The minimum atomic E-state index is 0.00383. The molecule has 0 aromatic heterocycles. The highest BCUT2D eigenvalue weighted by molar-refractivity contribution is 5.70. The van der Waals surface area contributed by atoms with Crippen LogP contribution in [-0.4, -0.2) is 12.6 Å². The zero-order valence-electron chi connectivity index (χ0n) is 20.0. The maximum absolute atomic E-state index is 12.1. The van der Waals surface area contributed by atoms with Crippen molar-refractivity contribution in [1.82, 2.24) is 0 Å². The molecule has 0 aromatic carbocycles. The molecule has 0 saturated carbocycles. The molecule has 0 spiro atoms. The first kappa shape index (κ1) is 27.5. The van der Waals surface area contributed by atoms with Crippen LogP contribution in [-0.2, 0) is 9.53 Å². The lowest BCUT2D eigenvalue weighted by Crippen LogP contribution is -2.22. The van der Waals surface area contributed by atoms with Crippen molar-refractivity contribution in [3.63, 3.8) is 0 Å². The van der Waals surface area contributed by atoms with Crippen molar-refractivity contribution in [3.8, 4) is 0 Å². The lowest BCUT2D eigenvalue weighted by atomic mass is 9.77. The van der Waals surface area contributed by atoms with Crippen molar-refractivity contribution >= 4 is 5.97 Å². The van der Waals surface area contributed by atoms with Gasteiger partial charge in [0.1, 0.15) is 0 Å². The van der Waals surface area contributed by atoms with Gasteiger partial charge in [0.15, 0.2) is 0 Å². The van der Waals surface area contributed by atoms with Crippen LogP contribution in [0.3, 0.4) is 0 Å². The molecular formula is C26H52O2. The molecule has 0 unspecified atom stereocenters. The Kier molecular flexibility index (Phi) is 19.4.